The van der Waals surface area contributed by atoms with Gasteiger partial charge in [-0.2, -0.15) is 5.26 Å². The van der Waals surface area contributed by atoms with Crippen molar-refractivity contribution < 1.29 is 4.74 Å². The first-order valence-corrected chi connectivity index (χ1v) is 7.79. The van der Waals surface area contributed by atoms with Crippen molar-refractivity contribution in [3.05, 3.63) is 57.4 Å². The number of nitrogens with zero attached hydrogens (tertiary/aromatic N) is 3. The van der Waals surface area contributed by atoms with Gasteiger partial charge in [-0.05, 0) is 50.2 Å². The van der Waals surface area contributed by atoms with E-state index in [2.05, 4.69) is 23.1 Å². The normalized spacial score (nSPS) is 10.6. The van der Waals surface area contributed by atoms with E-state index in [4.69, 9.17) is 17.0 Å². The van der Waals surface area contributed by atoms with E-state index in [1.807, 2.05) is 43.7 Å². The molecular formula is C18H21N3OS. The maximum Gasteiger partial charge on any atom is 0.125 e. The van der Waals surface area contributed by atoms with E-state index in [0.29, 0.717) is 16.9 Å². The minimum atomic E-state index is 0.587. The van der Waals surface area contributed by atoms with E-state index in [1.54, 1.807) is 7.11 Å². The molecule has 0 fully saturated rings. The molecule has 0 aliphatic rings. The van der Waals surface area contributed by atoms with Gasteiger partial charge in [0, 0.05) is 12.2 Å². The second-order valence-corrected chi connectivity index (χ2v) is 6.08. The molecule has 0 amide bonds. The van der Waals surface area contributed by atoms with Crippen LogP contribution in [0.15, 0.2) is 30.3 Å². The van der Waals surface area contributed by atoms with Gasteiger partial charge in [0.25, 0.3) is 0 Å². The zero-order valence-corrected chi connectivity index (χ0v) is 14.8. The molecule has 0 aliphatic carbocycles. The highest BCUT2D eigenvalue weighted by Crippen LogP contribution is 2.16. The molecule has 0 atom stereocenters. The lowest BCUT2D eigenvalue weighted by Gasteiger charge is -2.21. The zero-order chi connectivity index (χ0) is 17.0. The SMILES string of the molecule is COc1ccc(CN(C)Cn2c(C)cc(C)c(C#N)c2=S)cc1. The van der Waals surface area contributed by atoms with Crippen LogP contribution in [0.3, 0.4) is 0 Å². The number of aryl methyl sites for hydroxylation is 2. The Balaban J connectivity index is 2.18. The highest BCUT2D eigenvalue weighted by Gasteiger charge is 2.09. The molecule has 4 nitrogen and oxygen atoms in total. The van der Waals surface area contributed by atoms with Crippen molar-refractivity contribution in [2.24, 2.45) is 0 Å². The van der Waals surface area contributed by atoms with Crippen molar-refractivity contribution in [3.8, 4) is 11.8 Å². The average Bonchev–Trinajstić information content (AvgIpc) is 2.52. The Morgan fingerprint density at radius 1 is 1.26 bits per heavy atom. The minimum absolute atomic E-state index is 0.587. The van der Waals surface area contributed by atoms with Gasteiger partial charge in [-0.15, -0.1) is 0 Å². The average molecular weight is 327 g/mol. The number of ether oxygens (including phenoxy) is 1. The van der Waals surface area contributed by atoms with Gasteiger partial charge in [0.15, 0.2) is 0 Å². The first kappa shape index (κ1) is 17.2. The van der Waals surface area contributed by atoms with Gasteiger partial charge in [-0.3, -0.25) is 4.90 Å². The van der Waals surface area contributed by atoms with Gasteiger partial charge in [0.05, 0.1) is 19.3 Å². The molecule has 5 heteroatoms. The first-order valence-electron chi connectivity index (χ1n) is 7.39. The molecule has 0 bridgehead atoms. The number of benzene rings is 1. The van der Waals surface area contributed by atoms with Gasteiger partial charge >= 0.3 is 0 Å². The monoisotopic (exact) mass is 327 g/mol. The Kier molecular flexibility index (Phi) is 5.54. The van der Waals surface area contributed by atoms with E-state index in [0.717, 1.165) is 23.6 Å². The fraction of sp³-hybridized carbons (Fsp3) is 0.333. The van der Waals surface area contributed by atoms with Gasteiger partial charge in [0.1, 0.15) is 16.5 Å². The summed E-state index contributed by atoms with van der Waals surface area (Å²) in [6.07, 6.45) is 0. The van der Waals surface area contributed by atoms with Crippen LogP contribution in [0.4, 0.5) is 0 Å². The quantitative estimate of drug-likeness (QED) is 0.783. The van der Waals surface area contributed by atoms with Crippen LogP contribution in [0.25, 0.3) is 0 Å². The summed E-state index contributed by atoms with van der Waals surface area (Å²) in [6.45, 7) is 5.38. The lowest BCUT2D eigenvalue weighted by atomic mass is 10.1. The molecule has 2 aromatic rings. The number of pyridine rings is 1. The molecule has 0 saturated carbocycles. The summed E-state index contributed by atoms with van der Waals surface area (Å²) in [5.41, 5.74) is 3.78. The van der Waals surface area contributed by atoms with Crippen molar-refractivity contribution in [2.75, 3.05) is 14.2 Å². The molecule has 1 aromatic carbocycles. The molecular weight excluding hydrogens is 306 g/mol. The topological polar surface area (TPSA) is 41.2 Å². The molecule has 0 aliphatic heterocycles. The van der Waals surface area contributed by atoms with Gasteiger partial charge in [-0.25, -0.2) is 0 Å². The van der Waals surface area contributed by atoms with Gasteiger partial charge in [0.2, 0.25) is 0 Å². The van der Waals surface area contributed by atoms with Crippen molar-refractivity contribution in [1.82, 2.24) is 9.47 Å². The number of hydrogen-bond donors (Lipinski definition) is 0. The number of aromatic nitrogens is 1. The van der Waals surface area contributed by atoms with Gasteiger partial charge in [-0.1, -0.05) is 24.4 Å². The van der Waals surface area contributed by atoms with Crippen LogP contribution in [-0.2, 0) is 13.2 Å². The summed E-state index contributed by atoms with van der Waals surface area (Å²) in [7, 11) is 3.70. The molecule has 0 saturated heterocycles. The van der Waals surface area contributed by atoms with Crippen LogP contribution in [0.1, 0.15) is 22.4 Å². The van der Waals surface area contributed by atoms with E-state index in [1.165, 1.54) is 5.56 Å². The molecule has 0 radical (unpaired) electrons. The first-order chi connectivity index (χ1) is 11.0. The van der Waals surface area contributed by atoms with Crippen LogP contribution in [0.2, 0.25) is 0 Å². The third kappa shape index (κ3) is 3.98. The summed E-state index contributed by atoms with van der Waals surface area (Å²) >= 11 is 5.48. The molecule has 0 spiro atoms. The van der Waals surface area contributed by atoms with E-state index in [9.17, 15) is 5.26 Å². The van der Waals surface area contributed by atoms with E-state index >= 15 is 0 Å². The molecule has 1 aromatic heterocycles. The number of methoxy groups -OCH3 is 1. The summed E-state index contributed by atoms with van der Waals surface area (Å²) < 4.78 is 7.78. The predicted octanol–water partition coefficient (Wildman–Crippen LogP) is 3.80. The van der Waals surface area contributed by atoms with E-state index < -0.39 is 0 Å². The van der Waals surface area contributed by atoms with Crippen LogP contribution < -0.4 is 4.74 Å². The van der Waals surface area contributed by atoms with Crippen LogP contribution in [-0.4, -0.2) is 23.6 Å². The Morgan fingerprint density at radius 3 is 2.48 bits per heavy atom. The highest BCUT2D eigenvalue weighted by atomic mass is 32.1. The number of rotatable bonds is 5. The minimum Gasteiger partial charge on any atom is -0.497 e. The third-order valence-corrected chi connectivity index (χ3v) is 4.24. The van der Waals surface area contributed by atoms with E-state index in [-0.39, 0.29) is 0 Å². The lowest BCUT2D eigenvalue weighted by molar-refractivity contribution is 0.255. The lowest BCUT2D eigenvalue weighted by Crippen LogP contribution is -2.24. The summed E-state index contributed by atoms with van der Waals surface area (Å²) in [6, 6.07) is 12.2. The Hall–Kier alpha value is -2.16. The predicted molar refractivity (Wildman–Crippen MR) is 93.9 cm³/mol. The van der Waals surface area contributed by atoms with Crippen molar-refractivity contribution in [3.63, 3.8) is 0 Å². The summed E-state index contributed by atoms with van der Waals surface area (Å²) in [5.74, 6) is 0.853. The van der Waals surface area contributed by atoms with Crippen LogP contribution in [0.5, 0.6) is 5.75 Å². The van der Waals surface area contributed by atoms with Gasteiger partial charge < -0.3 is 9.30 Å². The maximum atomic E-state index is 9.28. The van der Waals surface area contributed by atoms with Crippen molar-refractivity contribution >= 4 is 12.2 Å². The maximum absolute atomic E-state index is 9.28. The fourth-order valence-corrected chi connectivity index (χ4v) is 2.98. The Morgan fingerprint density at radius 2 is 1.91 bits per heavy atom. The van der Waals surface area contributed by atoms with Crippen LogP contribution in [0, 0.1) is 29.8 Å². The highest BCUT2D eigenvalue weighted by molar-refractivity contribution is 7.71. The smallest absolute Gasteiger partial charge is 0.125 e. The van der Waals surface area contributed by atoms with Crippen LogP contribution >= 0.6 is 12.2 Å². The van der Waals surface area contributed by atoms with Crippen molar-refractivity contribution in [1.29, 1.82) is 5.26 Å². The second-order valence-electron chi connectivity index (χ2n) is 5.69. The van der Waals surface area contributed by atoms with Crippen molar-refractivity contribution in [2.45, 2.75) is 27.1 Å². The Labute approximate surface area is 142 Å². The Bertz CT molecular complexity index is 788. The number of hydrogen-bond acceptors (Lipinski definition) is 4. The second kappa shape index (κ2) is 7.40. The molecule has 120 valence electrons. The standard InChI is InChI=1S/C18H21N3OS/c1-13-9-14(2)21(18(23)17(13)10-19)12-20(3)11-15-5-7-16(22-4)8-6-15/h5-9H,11-12H2,1-4H3. The number of nitriles is 1. The molecule has 0 N–H and O–H groups in total. The largest absolute Gasteiger partial charge is 0.497 e. The molecule has 1 heterocycles. The fourth-order valence-electron chi connectivity index (χ4n) is 2.57. The zero-order valence-electron chi connectivity index (χ0n) is 14.0. The summed E-state index contributed by atoms with van der Waals surface area (Å²) in [5, 5.41) is 9.28. The summed E-state index contributed by atoms with van der Waals surface area (Å²) in [4.78, 5) is 2.17. The molecule has 23 heavy (non-hydrogen) atoms. The molecule has 0 unspecified atom stereocenters. The third-order valence-electron chi connectivity index (χ3n) is 3.81. The molecule has 2 rings (SSSR count).